The zero-order chi connectivity index (χ0) is 15.0. The van der Waals surface area contributed by atoms with Gasteiger partial charge >= 0.3 is 0 Å². The van der Waals surface area contributed by atoms with Crippen molar-refractivity contribution in [1.29, 1.82) is 0 Å². The topological polar surface area (TPSA) is 24.5 Å². The van der Waals surface area contributed by atoms with Crippen molar-refractivity contribution in [2.75, 3.05) is 32.7 Å². The first-order valence-corrected chi connectivity index (χ1v) is 8.09. The van der Waals surface area contributed by atoms with Crippen LogP contribution < -0.4 is 10.1 Å². The van der Waals surface area contributed by atoms with Crippen LogP contribution in [0.1, 0.15) is 11.1 Å². The fraction of sp³-hybridized carbons (Fsp3) is 0.368. The smallest absolute Gasteiger partial charge is 0.120 e. The molecule has 0 saturated carbocycles. The summed E-state index contributed by atoms with van der Waals surface area (Å²) < 4.78 is 5.90. The molecular formula is C19H24N2O. The van der Waals surface area contributed by atoms with Crippen molar-refractivity contribution in [2.24, 2.45) is 0 Å². The number of nitrogens with zero attached hydrogens (tertiary/aromatic N) is 1. The van der Waals surface area contributed by atoms with Crippen molar-refractivity contribution in [3.05, 3.63) is 65.7 Å². The van der Waals surface area contributed by atoms with Crippen molar-refractivity contribution in [3.63, 3.8) is 0 Å². The summed E-state index contributed by atoms with van der Waals surface area (Å²) in [5.41, 5.74) is 2.55. The van der Waals surface area contributed by atoms with Crippen molar-refractivity contribution in [1.82, 2.24) is 10.2 Å². The van der Waals surface area contributed by atoms with Gasteiger partial charge in [0.1, 0.15) is 12.4 Å². The summed E-state index contributed by atoms with van der Waals surface area (Å²) in [6.07, 6.45) is 1.09. The van der Waals surface area contributed by atoms with E-state index in [2.05, 4.69) is 40.5 Å². The van der Waals surface area contributed by atoms with Crippen LogP contribution in [-0.2, 0) is 13.0 Å². The van der Waals surface area contributed by atoms with Crippen LogP contribution in [0.25, 0.3) is 0 Å². The van der Waals surface area contributed by atoms with Crippen molar-refractivity contribution in [3.8, 4) is 5.75 Å². The molecule has 2 aromatic rings. The number of ether oxygens (including phenoxy) is 1. The quantitative estimate of drug-likeness (QED) is 0.887. The third-order valence-electron chi connectivity index (χ3n) is 4.07. The molecule has 1 heterocycles. The van der Waals surface area contributed by atoms with Gasteiger partial charge in [0.05, 0.1) is 0 Å². The lowest BCUT2D eigenvalue weighted by Gasteiger charge is -2.27. The molecule has 0 aliphatic carbocycles. The van der Waals surface area contributed by atoms with Gasteiger partial charge in [0.2, 0.25) is 0 Å². The van der Waals surface area contributed by atoms with Gasteiger partial charge in [0, 0.05) is 32.7 Å². The van der Waals surface area contributed by atoms with E-state index in [4.69, 9.17) is 4.74 Å². The SMILES string of the molecule is c1ccc(COc2cccc(CCN3CCNCC3)c2)cc1. The lowest BCUT2D eigenvalue weighted by Crippen LogP contribution is -2.44. The van der Waals surface area contributed by atoms with Gasteiger partial charge in [0.25, 0.3) is 0 Å². The summed E-state index contributed by atoms with van der Waals surface area (Å²) in [6, 6.07) is 18.8. The van der Waals surface area contributed by atoms with Crippen LogP contribution in [0.5, 0.6) is 5.75 Å². The molecule has 3 rings (SSSR count). The molecule has 0 bridgehead atoms. The van der Waals surface area contributed by atoms with E-state index < -0.39 is 0 Å². The fourth-order valence-corrected chi connectivity index (χ4v) is 2.75. The van der Waals surface area contributed by atoms with Crippen molar-refractivity contribution < 1.29 is 4.74 Å². The maximum absolute atomic E-state index is 5.90. The third kappa shape index (κ3) is 4.58. The lowest BCUT2D eigenvalue weighted by molar-refractivity contribution is 0.243. The highest BCUT2D eigenvalue weighted by molar-refractivity contribution is 5.29. The van der Waals surface area contributed by atoms with E-state index in [1.165, 1.54) is 11.1 Å². The molecular weight excluding hydrogens is 272 g/mol. The molecule has 0 unspecified atom stereocenters. The average molecular weight is 296 g/mol. The Kier molecular flexibility index (Phi) is 5.46. The fourth-order valence-electron chi connectivity index (χ4n) is 2.75. The van der Waals surface area contributed by atoms with Crippen LogP contribution in [0.2, 0.25) is 0 Å². The van der Waals surface area contributed by atoms with E-state index in [-0.39, 0.29) is 0 Å². The Morgan fingerprint density at radius 1 is 0.909 bits per heavy atom. The molecule has 3 nitrogen and oxygen atoms in total. The van der Waals surface area contributed by atoms with Crippen molar-refractivity contribution in [2.45, 2.75) is 13.0 Å². The Labute approximate surface area is 132 Å². The molecule has 1 saturated heterocycles. The lowest BCUT2D eigenvalue weighted by atomic mass is 10.1. The highest BCUT2D eigenvalue weighted by Gasteiger charge is 2.09. The number of rotatable bonds is 6. The maximum atomic E-state index is 5.90. The highest BCUT2D eigenvalue weighted by Crippen LogP contribution is 2.16. The maximum Gasteiger partial charge on any atom is 0.120 e. The zero-order valence-electron chi connectivity index (χ0n) is 13.0. The number of nitrogens with one attached hydrogen (secondary N) is 1. The number of hydrogen-bond acceptors (Lipinski definition) is 3. The molecule has 1 aliphatic rings. The molecule has 0 aromatic heterocycles. The second-order valence-electron chi connectivity index (χ2n) is 5.76. The third-order valence-corrected chi connectivity index (χ3v) is 4.07. The standard InChI is InChI=1S/C19H24N2O/c1-2-5-18(6-3-1)16-22-19-8-4-7-17(15-19)9-12-21-13-10-20-11-14-21/h1-8,15,20H,9-14,16H2. The molecule has 0 spiro atoms. The number of benzene rings is 2. The molecule has 1 N–H and O–H groups in total. The molecule has 0 atom stereocenters. The zero-order valence-corrected chi connectivity index (χ0v) is 13.0. The monoisotopic (exact) mass is 296 g/mol. The molecule has 22 heavy (non-hydrogen) atoms. The van der Waals surface area contributed by atoms with E-state index in [1.807, 2.05) is 24.3 Å². The Balaban J connectivity index is 1.51. The molecule has 0 radical (unpaired) electrons. The van der Waals surface area contributed by atoms with Crippen LogP contribution >= 0.6 is 0 Å². The number of hydrogen-bond donors (Lipinski definition) is 1. The first-order chi connectivity index (χ1) is 10.9. The minimum atomic E-state index is 0.627. The van der Waals surface area contributed by atoms with Crippen LogP contribution in [0.3, 0.4) is 0 Å². The van der Waals surface area contributed by atoms with E-state index in [0.29, 0.717) is 6.61 Å². The van der Waals surface area contributed by atoms with Gasteiger partial charge < -0.3 is 15.0 Å². The van der Waals surface area contributed by atoms with Gasteiger partial charge in [-0.2, -0.15) is 0 Å². The van der Waals surface area contributed by atoms with Gasteiger partial charge in [-0.25, -0.2) is 0 Å². The first-order valence-electron chi connectivity index (χ1n) is 8.09. The summed E-state index contributed by atoms with van der Waals surface area (Å²) in [4.78, 5) is 2.52. The van der Waals surface area contributed by atoms with E-state index in [9.17, 15) is 0 Å². The van der Waals surface area contributed by atoms with Crippen LogP contribution in [0, 0.1) is 0 Å². The first kappa shape index (κ1) is 15.1. The molecule has 2 aromatic carbocycles. The molecule has 1 fully saturated rings. The minimum Gasteiger partial charge on any atom is -0.489 e. The predicted octanol–water partition coefficient (Wildman–Crippen LogP) is 2.71. The molecule has 1 aliphatic heterocycles. The van der Waals surface area contributed by atoms with Gasteiger partial charge in [-0.1, -0.05) is 42.5 Å². The van der Waals surface area contributed by atoms with E-state index >= 15 is 0 Å². The minimum absolute atomic E-state index is 0.627. The summed E-state index contributed by atoms with van der Waals surface area (Å²) >= 11 is 0. The predicted molar refractivity (Wildman–Crippen MR) is 90.2 cm³/mol. The van der Waals surface area contributed by atoms with Gasteiger partial charge in [0.15, 0.2) is 0 Å². The second-order valence-corrected chi connectivity index (χ2v) is 5.76. The Bertz CT molecular complexity index is 565. The van der Waals surface area contributed by atoms with E-state index in [0.717, 1.165) is 44.9 Å². The second kappa shape index (κ2) is 7.97. The summed E-state index contributed by atoms with van der Waals surface area (Å²) in [6.45, 7) is 6.29. The van der Waals surface area contributed by atoms with Crippen LogP contribution in [0.15, 0.2) is 54.6 Å². The van der Waals surface area contributed by atoms with Crippen LogP contribution in [-0.4, -0.2) is 37.6 Å². The molecule has 116 valence electrons. The highest BCUT2D eigenvalue weighted by atomic mass is 16.5. The summed E-state index contributed by atoms with van der Waals surface area (Å²) in [5, 5.41) is 3.39. The molecule has 0 amide bonds. The summed E-state index contributed by atoms with van der Waals surface area (Å²) in [5.74, 6) is 0.960. The number of piperazine rings is 1. The Morgan fingerprint density at radius 2 is 1.68 bits per heavy atom. The summed E-state index contributed by atoms with van der Waals surface area (Å²) in [7, 11) is 0. The van der Waals surface area contributed by atoms with Gasteiger partial charge in [-0.15, -0.1) is 0 Å². The van der Waals surface area contributed by atoms with E-state index in [1.54, 1.807) is 0 Å². The average Bonchev–Trinajstić information content (AvgIpc) is 2.60. The normalized spacial score (nSPS) is 15.6. The van der Waals surface area contributed by atoms with Crippen LogP contribution in [0.4, 0.5) is 0 Å². The van der Waals surface area contributed by atoms with Crippen molar-refractivity contribution >= 4 is 0 Å². The Morgan fingerprint density at radius 3 is 2.50 bits per heavy atom. The van der Waals surface area contributed by atoms with Gasteiger partial charge in [-0.3, -0.25) is 0 Å². The molecule has 3 heteroatoms. The van der Waals surface area contributed by atoms with Gasteiger partial charge in [-0.05, 0) is 29.7 Å². The largest absolute Gasteiger partial charge is 0.489 e. The Hall–Kier alpha value is -1.84.